The number of rotatable bonds is 6. The van der Waals surface area contributed by atoms with Gasteiger partial charge in [0.2, 0.25) is 0 Å². The van der Waals surface area contributed by atoms with Gasteiger partial charge >= 0.3 is 6.09 Å². The maximum Gasteiger partial charge on any atom is 0.410 e. The first-order chi connectivity index (χ1) is 19.3. The Labute approximate surface area is 252 Å². The summed E-state index contributed by atoms with van der Waals surface area (Å²) in [6.45, 7) is 16.7. The molecule has 1 amide bonds. The first-order valence-corrected chi connectivity index (χ1v) is 14.9. The molecule has 2 aromatic carbocycles. The minimum atomic E-state index is -0.483. The van der Waals surface area contributed by atoms with Gasteiger partial charge < -0.3 is 24.4 Å². The monoisotopic (exact) mass is 590 g/mol. The van der Waals surface area contributed by atoms with Crippen LogP contribution >= 0.6 is 0 Å². The molecule has 0 aliphatic carbocycles. The number of benzene rings is 2. The minimum absolute atomic E-state index is 0. The van der Waals surface area contributed by atoms with Crippen LogP contribution in [0, 0.1) is 11.6 Å². The summed E-state index contributed by atoms with van der Waals surface area (Å²) in [6.07, 6.45) is 3.64. The molecule has 2 aliphatic heterocycles. The first-order valence-electron chi connectivity index (χ1n) is 14.9. The smallest absolute Gasteiger partial charge is 0.410 e. The molecule has 0 unspecified atom stereocenters. The lowest BCUT2D eigenvalue weighted by atomic mass is 9.89. The van der Waals surface area contributed by atoms with Crippen molar-refractivity contribution in [1.82, 2.24) is 10.2 Å². The molecule has 2 aliphatic rings. The Morgan fingerprint density at radius 2 is 1.24 bits per heavy atom. The summed E-state index contributed by atoms with van der Waals surface area (Å²) >= 11 is 0. The van der Waals surface area contributed by atoms with E-state index in [1.54, 1.807) is 11.0 Å². The Bertz CT molecular complexity index is 1120. The maximum atomic E-state index is 13.5. The topological polar surface area (TPSA) is 60.0 Å². The van der Waals surface area contributed by atoms with Crippen LogP contribution in [0.2, 0.25) is 0 Å². The standard InChI is InChI=1S/C19H28FNO3.C14H20FNO.CH4/c1-13(2)23-17-12-15(20)6-7-16(17)14-8-10-21(11-9-14)18(22)24-19(3,4)5;1-10(2)17-14-9-12(15)3-4-13(14)11-5-7-16-8-6-11;/h6-7,12-14H,8-11H2,1-5H3;3-4,9-11,16H,5-8H2,1-2H3;1H4. The molecule has 4 rings (SSSR count). The van der Waals surface area contributed by atoms with Gasteiger partial charge in [-0.2, -0.15) is 0 Å². The van der Waals surface area contributed by atoms with Gasteiger partial charge in [-0.3, -0.25) is 0 Å². The van der Waals surface area contributed by atoms with Crippen molar-refractivity contribution >= 4 is 6.09 Å². The van der Waals surface area contributed by atoms with Crippen LogP contribution < -0.4 is 14.8 Å². The maximum absolute atomic E-state index is 13.5. The lowest BCUT2D eigenvalue weighted by Gasteiger charge is -2.34. The van der Waals surface area contributed by atoms with E-state index in [0.717, 1.165) is 49.9 Å². The van der Waals surface area contributed by atoms with Crippen LogP contribution in [0.4, 0.5) is 13.6 Å². The molecule has 0 radical (unpaired) electrons. The fourth-order valence-corrected chi connectivity index (χ4v) is 5.24. The van der Waals surface area contributed by atoms with Crippen LogP contribution in [0.25, 0.3) is 0 Å². The van der Waals surface area contributed by atoms with Crippen LogP contribution in [-0.2, 0) is 4.74 Å². The second-order valence-electron chi connectivity index (χ2n) is 12.5. The number of amides is 1. The third-order valence-corrected chi connectivity index (χ3v) is 7.04. The van der Waals surface area contributed by atoms with Gasteiger partial charge in [0.05, 0.1) is 12.2 Å². The molecule has 6 nitrogen and oxygen atoms in total. The number of carbonyl (C=O) groups excluding carboxylic acids is 1. The highest BCUT2D eigenvalue weighted by Crippen LogP contribution is 2.36. The van der Waals surface area contributed by atoms with Crippen molar-refractivity contribution in [3.8, 4) is 11.5 Å². The second kappa shape index (κ2) is 16.1. The number of piperidine rings is 2. The van der Waals surface area contributed by atoms with Crippen LogP contribution in [0.1, 0.15) is 105 Å². The number of nitrogens with zero attached hydrogens (tertiary/aromatic N) is 1. The summed E-state index contributed by atoms with van der Waals surface area (Å²) in [5.74, 6) is 1.56. The lowest BCUT2D eigenvalue weighted by molar-refractivity contribution is 0.0204. The van der Waals surface area contributed by atoms with E-state index in [0.29, 0.717) is 30.5 Å². The second-order valence-corrected chi connectivity index (χ2v) is 12.5. The Morgan fingerprint density at radius 3 is 1.64 bits per heavy atom. The molecule has 42 heavy (non-hydrogen) atoms. The third-order valence-electron chi connectivity index (χ3n) is 7.04. The van der Waals surface area contributed by atoms with Gasteiger partial charge in [-0.05, 0) is 122 Å². The van der Waals surface area contributed by atoms with Crippen LogP contribution in [-0.4, -0.2) is 55.0 Å². The van der Waals surface area contributed by atoms with Gasteiger partial charge in [0.25, 0.3) is 0 Å². The average molecular weight is 591 g/mol. The zero-order valence-electron chi connectivity index (χ0n) is 25.8. The fraction of sp³-hybridized carbons (Fsp3) is 0.618. The molecule has 236 valence electrons. The average Bonchev–Trinajstić information content (AvgIpc) is 2.88. The van der Waals surface area contributed by atoms with E-state index in [1.165, 1.54) is 24.3 Å². The highest BCUT2D eigenvalue weighted by molar-refractivity contribution is 5.68. The van der Waals surface area contributed by atoms with Gasteiger partial charge in [0, 0.05) is 25.2 Å². The van der Waals surface area contributed by atoms with E-state index >= 15 is 0 Å². The molecule has 0 saturated carbocycles. The number of likely N-dealkylation sites (tertiary alicyclic amines) is 1. The molecule has 8 heteroatoms. The predicted octanol–water partition coefficient (Wildman–Crippen LogP) is 8.44. The highest BCUT2D eigenvalue weighted by Gasteiger charge is 2.29. The number of hydrogen-bond acceptors (Lipinski definition) is 5. The van der Waals surface area contributed by atoms with Gasteiger partial charge in [0.15, 0.2) is 0 Å². The predicted molar refractivity (Wildman–Crippen MR) is 166 cm³/mol. The summed E-state index contributed by atoms with van der Waals surface area (Å²) in [4.78, 5) is 13.9. The summed E-state index contributed by atoms with van der Waals surface area (Å²) in [7, 11) is 0. The molecule has 2 saturated heterocycles. The van der Waals surface area contributed by atoms with Crippen LogP contribution in [0.5, 0.6) is 11.5 Å². The quantitative estimate of drug-likeness (QED) is 0.366. The Hall–Kier alpha value is -2.87. The summed E-state index contributed by atoms with van der Waals surface area (Å²) in [6, 6.07) is 9.66. The van der Waals surface area contributed by atoms with Crippen molar-refractivity contribution in [2.24, 2.45) is 0 Å². The van der Waals surface area contributed by atoms with Gasteiger partial charge in [-0.1, -0.05) is 19.6 Å². The zero-order chi connectivity index (χ0) is 30.2. The minimum Gasteiger partial charge on any atom is -0.491 e. The molecule has 2 fully saturated rings. The van der Waals surface area contributed by atoms with E-state index in [-0.39, 0.29) is 43.3 Å². The number of nitrogens with one attached hydrogen (secondary N) is 1. The summed E-state index contributed by atoms with van der Waals surface area (Å²) in [5.41, 5.74) is 1.69. The van der Waals surface area contributed by atoms with Gasteiger partial charge in [-0.25, -0.2) is 13.6 Å². The largest absolute Gasteiger partial charge is 0.491 e. The lowest BCUT2D eigenvalue weighted by Crippen LogP contribution is -2.41. The molecule has 2 heterocycles. The van der Waals surface area contributed by atoms with Crippen molar-refractivity contribution in [1.29, 1.82) is 0 Å². The normalized spacial score (nSPS) is 16.4. The van der Waals surface area contributed by atoms with Crippen molar-refractivity contribution in [2.45, 2.75) is 111 Å². The molecular weight excluding hydrogens is 538 g/mol. The molecule has 0 bridgehead atoms. The molecule has 0 spiro atoms. The van der Waals surface area contributed by atoms with Crippen molar-refractivity contribution < 1.29 is 27.8 Å². The SMILES string of the molecule is C.CC(C)Oc1cc(F)ccc1C1CCN(C(=O)OC(C)(C)C)CC1.CC(C)Oc1cc(F)ccc1C1CCNCC1. The molecule has 1 N–H and O–H groups in total. The first kappa shape index (κ1) is 35.3. The number of hydrogen-bond donors (Lipinski definition) is 1. The fourth-order valence-electron chi connectivity index (χ4n) is 5.24. The van der Waals surface area contributed by atoms with Crippen LogP contribution in [0.15, 0.2) is 36.4 Å². The Kier molecular flexibility index (Phi) is 13.5. The molecule has 0 atom stereocenters. The number of ether oxygens (including phenoxy) is 3. The Balaban J connectivity index is 0.000000302. The van der Waals surface area contributed by atoms with E-state index < -0.39 is 5.60 Å². The zero-order valence-corrected chi connectivity index (χ0v) is 25.8. The molecule has 0 aromatic heterocycles. The van der Waals surface area contributed by atoms with E-state index in [9.17, 15) is 13.6 Å². The van der Waals surface area contributed by atoms with Crippen molar-refractivity contribution in [2.75, 3.05) is 26.2 Å². The summed E-state index contributed by atoms with van der Waals surface area (Å²) in [5, 5.41) is 3.34. The van der Waals surface area contributed by atoms with Crippen molar-refractivity contribution in [3.63, 3.8) is 0 Å². The Morgan fingerprint density at radius 1 is 0.810 bits per heavy atom. The van der Waals surface area contributed by atoms with E-state index in [2.05, 4.69) is 5.32 Å². The van der Waals surface area contributed by atoms with Gasteiger partial charge in [-0.15, -0.1) is 0 Å². The molecular formula is C34H52F2N2O4. The molecule has 2 aromatic rings. The van der Waals surface area contributed by atoms with Gasteiger partial charge in [0.1, 0.15) is 28.7 Å². The highest BCUT2D eigenvalue weighted by atomic mass is 19.1. The number of carbonyl (C=O) groups is 1. The van der Waals surface area contributed by atoms with Crippen LogP contribution in [0.3, 0.4) is 0 Å². The van der Waals surface area contributed by atoms with E-state index in [4.69, 9.17) is 14.2 Å². The summed E-state index contributed by atoms with van der Waals surface area (Å²) < 4.78 is 43.7. The van der Waals surface area contributed by atoms with Crippen molar-refractivity contribution in [3.05, 3.63) is 59.2 Å². The van der Waals surface area contributed by atoms with E-state index in [1.807, 2.05) is 54.5 Å². The third kappa shape index (κ3) is 11.1. The number of halogens is 2.